The molecule has 3 heteroatoms. The Morgan fingerprint density at radius 3 is 2.71 bits per heavy atom. The number of rotatable bonds is 1. The van der Waals surface area contributed by atoms with Crippen LogP contribution in [0.5, 0.6) is 5.75 Å². The van der Waals surface area contributed by atoms with E-state index >= 15 is 0 Å². The summed E-state index contributed by atoms with van der Waals surface area (Å²) in [5.41, 5.74) is 1.47. The van der Waals surface area contributed by atoms with E-state index < -0.39 is 0 Å². The van der Waals surface area contributed by atoms with Crippen LogP contribution in [0.3, 0.4) is 0 Å². The molecule has 2 aromatic rings. The Labute approximate surface area is 84.0 Å². The van der Waals surface area contributed by atoms with Gasteiger partial charge in [0.2, 0.25) is 0 Å². The predicted molar refractivity (Wildman–Crippen MR) is 60.5 cm³/mol. The van der Waals surface area contributed by atoms with Gasteiger partial charge in [0.1, 0.15) is 13.6 Å². The Morgan fingerprint density at radius 1 is 1.21 bits per heavy atom. The van der Waals surface area contributed by atoms with E-state index in [0.717, 1.165) is 21.9 Å². The van der Waals surface area contributed by atoms with Gasteiger partial charge in [-0.1, -0.05) is 29.7 Å². The smallest absolute Gasteiger partial charge is 0.139 e. The molecule has 0 fully saturated rings. The first-order valence-corrected chi connectivity index (χ1v) is 4.41. The van der Waals surface area contributed by atoms with Crippen molar-refractivity contribution in [2.75, 3.05) is 12.4 Å². The molecule has 0 saturated heterocycles. The number of benzene rings is 2. The third-order valence-electron chi connectivity index (χ3n) is 2.27. The number of hydrogen-bond acceptors (Lipinski definition) is 2. The molecule has 0 unspecified atom stereocenters. The third kappa shape index (κ3) is 1.31. The van der Waals surface area contributed by atoms with E-state index in [-0.39, 0.29) is 5.75 Å². The highest BCUT2D eigenvalue weighted by Gasteiger charge is 2.04. The van der Waals surface area contributed by atoms with Crippen LogP contribution >= 0.6 is 0 Å². The van der Waals surface area contributed by atoms with Gasteiger partial charge in [-0.2, -0.15) is 0 Å². The molecular formula is C11H10BNO. The highest BCUT2D eigenvalue weighted by molar-refractivity contribution is 6.33. The monoisotopic (exact) mass is 183 g/mol. The van der Waals surface area contributed by atoms with Crippen molar-refractivity contribution in [3.8, 4) is 5.75 Å². The molecule has 0 aliphatic heterocycles. The molecule has 2 N–H and O–H groups in total. The summed E-state index contributed by atoms with van der Waals surface area (Å²) in [5, 5.41) is 14.5. The maximum atomic E-state index is 9.58. The zero-order chi connectivity index (χ0) is 10.1. The summed E-state index contributed by atoms with van der Waals surface area (Å²) in [4.78, 5) is 0. The molecule has 2 aromatic carbocycles. The molecule has 2 rings (SSSR count). The zero-order valence-corrected chi connectivity index (χ0v) is 7.91. The Morgan fingerprint density at radius 2 is 2.00 bits per heavy atom. The van der Waals surface area contributed by atoms with Crippen molar-refractivity contribution in [2.45, 2.75) is 0 Å². The van der Waals surface area contributed by atoms with Crippen molar-refractivity contribution < 1.29 is 5.11 Å². The summed E-state index contributed by atoms with van der Waals surface area (Å²) < 4.78 is 0. The fourth-order valence-electron chi connectivity index (χ4n) is 1.60. The second-order valence-electron chi connectivity index (χ2n) is 3.19. The molecule has 0 aliphatic rings. The molecule has 0 saturated carbocycles. The van der Waals surface area contributed by atoms with Gasteiger partial charge in [-0.05, 0) is 11.5 Å². The SMILES string of the molecule is [B]c1ccc2c(NC)c(O)ccc2c1. The van der Waals surface area contributed by atoms with Gasteiger partial charge < -0.3 is 10.4 Å². The van der Waals surface area contributed by atoms with Gasteiger partial charge in [-0.15, -0.1) is 0 Å². The molecule has 0 atom stereocenters. The molecule has 2 nitrogen and oxygen atoms in total. The molecule has 0 aliphatic carbocycles. The van der Waals surface area contributed by atoms with Crippen molar-refractivity contribution in [2.24, 2.45) is 0 Å². The minimum absolute atomic E-state index is 0.254. The van der Waals surface area contributed by atoms with E-state index in [4.69, 9.17) is 7.85 Å². The third-order valence-corrected chi connectivity index (χ3v) is 2.27. The topological polar surface area (TPSA) is 32.3 Å². The van der Waals surface area contributed by atoms with Crippen LogP contribution in [0.25, 0.3) is 10.8 Å². The van der Waals surface area contributed by atoms with Crippen LogP contribution in [0, 0.1) is 0 Å². The standard InChI is InChI=1S/C11H10BNO/c1-13-11-9-4-3-8(12)6-7(9)2-5-10(11)14/h2-6,13-14H,1H3. The minimum atomic E-state index is 0.254. The van der Waals surface area contributed by atoms with Crippen molar-refractivity contribution in [1.82, 2.24) is 0 Å². The van der Waals surface area contributed by atoms with Crippen LogP contribution in [-0.2, 0) is 0 Å². The van der Waals surface area contributed by atoms with Gasteiger partial charge in [-0.25, -0.2) is 0 Å². The van der Waals surface area contributed by atoms with Crippen LogP contribution in [0.2, 0.25) is 0 Å². The summed E-state index contributed by atoms with van der Waals surface area (Å²) in [5.74, 6) is 0.254. The molecule has 0 bridgehead atoms. The van der Waals surface area contributed by atoms with E-state index in [0.29, 0.717) is 0 Å². The van der Waals surface area contributed by atoms with Gasteiger partial charge >= 0.3 is 0 Å². The molecule has 68 valence electrons. The molecule has 14 heavy (non-hydrogen) atoms. The predicted octanol–water partition coefficient (Wildman–Crippen LogP) is 1.38. The van der Waals surface area contributed by atoms with E-state index in [1.165, 1.54) is 0 Å². The van der Waals surface area contributed by atoms with Gasteiger partial charge in [0, 0.05) is 12.4 Å². The Hall–Kier alpha value is -1.64. The molecular weight excluding hydrogens is 173 g/mol. The second-order valence-corrected chi connectivity index (χ2v) is 3.19. The number of hydrogen-bond donors (Lipinski definition) is 2. The lowest BCUT2D eigenvalue weighted by Crippen LogP contribution is -2.00. The lowest BCUT2D eigenvalue weighted by Gasteiger charge is -2.08. The van der Waals surface area contributed by atoms with Crippen molar-refractivity contribution in [3.05, 3.63) is 30.3 Å². The van der Waals surface area contributed by atoms with Crippen molar-refractivity contribution in [3.63, 3.8) is 0 Å². The molecule has 0 heterocycles. The zero-order valence-electron chi connectivity index (χ0n) is 7.91. The fourth-order valence-corrected chi connectivity index (χ4v) is 1.60. The van der Waals surface area contributed by atoms with Crippen LogP contribution in [0.15, 0.2) is 30.3 Å². The number of fused-ring (bicyclic) bond motifs is 1. The number of anilines is 1. The first-order chi connectivity index (χ1) is 6.72. The van der Waals surface area contributed by atoms with E-state index in [9.17, 15) is 5.11 Å². The number of phenols is 1. The summed E-state index contributed by atoms with van der Waals surface area (Å²) in [7, 11) is 7.45. The van der Waals surface area contributed by atoms with Gasteiger partial charge in [0.15, 0.2) is 0 Å². The normalized spacial score (nSPS) is 10.4. The lowest BCUT2D eigenvalue weighted by atomic mass is 9.93. The number of phenolic OH excluding ortho intramolecular Hbond substituents is 1. The largest absolute Gasteiger partial charge is 0.506 e. The second kappa shape index (κ2) is 3.26. The summed E-state index contributed by atoms with van der Waals surface area (Å²) in [6.07, 6.45) is 0. The first kappa shape index (κ1) is 8.94. The minimum Gasteiger partial charge on any atom is -0.506 e. The Balaban J connectivity index is 2.82. The molecule has 0 amide bonds. The van der Waals surface area contributed by atoms with Crippen LogP contribution < -0.4 is 10.8 Å². The first-order valence-electron chi connectivity index (χ1n) is 4.41. The summed E-state index contributed by atoms with van der Waals surface area (Å²) in [6.45, 7) is 0. The summed E-state index contributed by atoms with van der Waals surface area (Å²) in [6, 6.07) is 9.12. The van der Waals surface area contributed by atoms with Crippen LogP contribution in [0.1, 0.15) is 0 Å². The summed E-state index contributed by atoms with van der Waals surface area (Å²) >= 11 is 0. The Bertz CT molecular complexity index is 482. The molecule has 0 aromatic heterocycles. The van der Waals surface area contributed by atoms with E-state index in [1.54, 1.807) is 13.1 Å². The maximum Gasteiger partial charge on any atom is 0.139 e. The highest BCUT2D eigenvalue weighted by Crippen LogP contribution is 2.31. The average Bonchev–Trinajstić information content (AvgIpc) is 2.18. The van der Waals surface area contributed by atoms with Gasteiger partial charge in [-0.3, -0.25) is 0 Å². The van der Waals surface area contributed by atoms with Crippen molar-refractivity contribution in [1.29, 1.82) is 0 Å². The number of nitrogens with one attached hydrogen (secondary N) is 1. The lowest BCUT2D eigenvalue weighted by molar-refractivity contribution is 0.478. The average molecular weight is 183 g/mol. The van der Waals surface area contributed by atoms with Gasteiger partial charge in [0.05, 0.1) is 5.69 Å². The van der Waals surface area contributed by atoms with Crippen LogP contribution in [-0.4, -0.2) is 20.0 Å². The van der Waals surface area contributed by atoms with Gasteiger partial charge in [0.25, 0.3) is 0 Å². The quantitative estimate of drug-likeness (QED) is 0.517. The van der Waals surface area contributed by atoms with Crippen molar-refractivity contribution >= 4 is 29.8 Å². The Kier molecular flexibility index (Phi) is 2.08. The van der Waals surface area contributed by atoms with E-state index in [2.05, 4.69) is 5.32 Å². The van der Waals surface area contributed by atoms with E-state index in [1.807, 2.05) is 24.3 Å². The fraction of sp³-hybridized carbons (Fsp3) is 0.0909. The highest BCUT2D eigenvalue weighted by atomic mass is 16.3. The number of aromatic hydroxyl groups is 1. The molecule has 2 radical (unpaired) electrons. The maximum absolute atomic E-state index is 9.58. The molecule has 0 spiro atoms. The van der Waals surface area contributed by atoms with Crippen LogP contribution in [0.4, 0.5) is 5.69 Å².